The van der Waals surface area contributed by atoms with Crippen molar-refractivity contribution in [3.05, 3.63) is 65.1 Å². The van der Waals surface area contributed by atoms with E-state index < -0.39 is 0 Å². The fourth-order valence-electron chi connectivity index (χ4n) is 3.35. The first-order valence-corrected chi connectivity index (χ1v) is 9.11. The van der Waals surface area contributed by atoms with E-state index in [0.717, 1.165) is 48.4 Å². The van der Waals surface area contributed by atoms with E-state index in [9.17, 15) is 0 Å². The van der Waals surface area contributed by atoms with Crippen molar-refractivity contribution in [3.63, 3.8) is 0 Å². The van der Waals surface area contributed by atoms with Crippen LogP contribution in [0.25, 0.3) is 0 Å². The average Bonchev–Trinajstić information content (AvgIpc) is 2.57. The third kappa shape index (κ3) is 4.25. The summed E-state index contributed by atoms with van der Waals surface area (Å²) in [5.41, 5.74) is 4.04. The first-order valence-electron chi connectivity index (χ1n) is 9.11. The molecule has 0 atom stereocenters. The highest BCUT2D eigenvalue weighted by Gasteiger charge is 2.30. The molecule has 0 spiro atoms. The van der Waals surface area contributed by atoms with Crippen molar-refractivity contribution in [2.75, 3.05) is 18.4 Å². The predicted octanol–water partition coefficient (Wildman–Crippen LogP) is 2.93. The topological polar surface area (TPSA) is 79.7 Å². The van der Waals surface area contributed by atoms with Gasteiger partial charge >= 0.3 is 0 Å². The maximum atomic E-state index is 4.71. The summed E-state index contributed by atoms with van der Waals surface area (Å²) in [5.74, 6) is 2.54. The highest BCUT2D eigenvalue weighted by atomic mass is 15.2. The lowest BCUT2D eigenvalue weighted by molar-refractivity contribution is 0.134. The van der Waals surface area contributed by atoms with Crippen LogP contribution in [0, 0.1) is 20.8 Å². The van der Waals surface area contributed by atoms with E-state index in [-0.39, 0.29) is 0 Å². The van der Waals surface area contributed by atoms with Gasteiger partial charge in [-0.2, -0.15) is 0 Å². The highest BCUT2D eigenvalue weighted by molar-refractivity contribution is 5.48. The Bertz CT molecular complexity index is 916. The number of aromatic nitrogens is 5. The van der Waals surface area contributed by atoms with Gasteiger partial charge in [0.2, 0.25) is 5.95 Å². The monoisotopic (exact) mass is 361 g/mol. The summed E-state index contributed by atoms with van der Waals surface area (Å²) >= 11 is 0. The number of nitrogens with zero attached hydrogens (tertiary/aromatic N) is 6. The van der Waals surface area contributed by atoms with Crippen LogP contribution in [-0.2, 0) is 6.54 Å². The van der Waals surface area contributed by atoms with Gasteiger partial charge in [0.15, 0.2) is 0 Å². The molecule has 1 aliphatic rings. The van der Waals surface area contributed by atoms with Crippen LogP contribution in [0.1, 0.15) is 34.4 Å². The molecule has 0 aromatic carbocycles. The zero-order valence-corrected chi connectivity index (χ0v) is 15.8. The lowest BCUT2D eigenvalue weighted by Crippen LogP contribution is -2.45. The molecule has 0 radical (unpaired) electrons. The third-order valence-electron chi connectivity index (χ3n) is 4.54. The van der Waals surface area contributed by atoms with E-state index >= 15 is 0 Å². The molecule has 1 aliphatic heterocycles. The number of rotatable bonds is 5. The smallest absolute Gasteiger partial charge is 0.228 e. The fraction of sp³-hybridized carbons (Fsp3) is 0.350. The molecule has 3 aromatic rings. The Hall–Kier alpha value is -2.93. The van der Waals surface area contributed by atoms with Crippen LogP contribution >= 0.6 is 0 Å². The lowest BCUT2D eigenvalue weighted by Gasteiger charge is -2.38. The van der Waals surface area contributed by atoms with Gasteiger partial charge in [-0.05, 0) is 38.5 Å². The summed E-state index contributed by atoms with van der Waals surface area (Å²) < 4.78 is 0. The highest BCUT2D eigenvalue weighted by Crippen LogP contribution is 2.27. The Balaban J connectivity index is 1.44. The quantitative estimate of drug-likeness (QED) is 0.748. The Labute approximate surface area is 159 Å². The van der Waals surface area contributed by atoms with Crippen LogP contribution in [0.15, 0.2) is 36.7 Å². The maximum absolute atomic E-state index is 4.71. The average molecular weight is 361 g/mol. The number of anilines is 2. The van der Waals surface area contributed by atoms with Gasteiger partial charge in [0.1, 0.15) is 11.6 Å². The van der Waals surface area contributed by atoms with Crippen molar-refractivity contribution in [1.82, 2.24) is 29.8 Å². The SMILES string of the molecule is Cc1cc(C)nc(Nc2cc(C)nc(C3CN(Cc4cccnc4)C3)n2)n1. The molecule has 1 fully saturated rings. The molecule has 27 heavy (non-hydrogen) atoms. The summed E-state index contributed by atoms with van der Waals surface area (Å²) in [6.45, 7) is 8.74. The number of pyridine rings is 1. The summed E-state index contributed by atoms with van der Waals surface area (Å²) in [6.07, 6.45) is 3.72. The van der Waals surface area contributed by atoms with Crippen molar-refractivity contribution in [2.24, 2.45) is 0 Å². The summed E-state index contributed by atoms with van der Waals surface area (Å²) in [6, 6.07) is 7.96. The molecule has 7 nitrogen and oxygen atoms in total. The molecule has 0 unspecified atom stereocenters. The number of likely N-dealkylation sites (tertiary alicyclic amines) is 1. The molecule has 1 saturated heterocycles. The molecule has 1 N–H and O–H groups in total. The van der Waals surface area contributed by atoms with Gasteiger partial charge in [-0.15, -0.1) is 0 Å². The second-order valence-corrected chi connectivity index (χ2v) is 7.10. The summed E-state index contributed by atoms with van der Waals surface area (Å²) in [5, 5.41) is 3.23. The lowest BCUT2D eigenvalue weighted by atomic mass is 9.98. The molecule has 0 aliphatic carbocycles. The summed E-state index contributed by atoms with van der Waals surface area (Å²) in [4.78, 5) is 24.8. The molecule has 0 amide bonds. The van der Waals surface area contributed by atoms with Gasteiger partial charge in [-0.1, -0.05) is 6.07 Å². The minimum atomic E-state index is 0.349. The zero-order chi connectivity index (χ0) is 18.8. The Kier molecular flexibility index (Phi) is 4.77. The third-order valence-corrected chi connectivity index (χ3v) is 4.54. The largest absolute Gasteiger partial charge is 0.309 e. The minimum Gasteiger partial charge on any atom is -0.309 e. The van der Waals surface area contributed by atoms with E-state index in [4.69, 9.17) is 4.98 Å². The van der Waals surface area contributed by atoms with Gasteiger partial charge in [0.25, 0.3) is 0 Å². The van der Waals surface area contributed by atoms with Gasteiger partial charge < -0.3 is 5.32 Å². The number of nitrogens with one attached hydrogen (secondary N) is 1. The number of hydrogen-bond acceptors (Lipinski definition) is 7. The zero-order valence-electron chi connectivity index (χ0n) is 15.8. The normalized spacial score (nSPS) is 14.8. The van der Waals surface area contributed by atoms with Crippen molar-refractivity contribution in [1.29, 1.82) is 0 Å². The standard InChI is InChI=1S/C20H23N7/c1-13-7-14(2)24-20(23-13)26-18-8-15(3)22-19(25-18)17-11-27(12-17)10-16-5-4-6-21-9-16/h4-9,17H,10-12H2,1-3H3,(H,22,23,24,25,26). The molecule has 0 saturated carbocycles. The Morgan fingerprint density at radius 3 is 2.44 bits per heavy atom. The first-order chi connectivity index (χ1) is 13.0. The molecular weight excluding hydrogens is 338 g/mol. The van der Waals surface area contributed by atoms with E-state index in [2.05, 4.69) is 36.2 Å². The molecule has 3 aromatic heterocycles. The van der Waals surface area contributed by atoms with Crippen molar-refractivity contribution < 1.29 is 0 Å². The second kappa shape index (κ2) is 7.36. The maximum Gasteiger partial charge on any atom is 0.228 e. The van der Waals surface area contributed by atoms with E-state index in [1.54, 1.807) is 6.20 Å². The molecule has 7 heteroatoms. The number of hydrogen-bond donors (Lipinski definition) is 1. The number of aryl methyl sites for hydroxylation is 3. The fourth-order valence-corrected chi connectivity index (χ4v) is 3.35. The molecular formula is C20H23N7. The van der Waals surface area contributed by atoms with Crippen molar-refractivity contribution in [2.45, 2.75) is 33.2 Å². The van der Waals surface area contributed by atoms with E-state index in [1.807, 2.05) is 45.2 Å². The second-order valence-electron chi connectivity index (χ2n) is 7.10. The van der Waals surface area contributed by atoms with Gasteiger partial charge in [-0.25, -0.2) is 19.9 Å². The Morgan fingerprint density at radius 2 is 1.74 bits per heavy atom. The van der Waals surface area contributed by atoms with Gasteiger partial charge in [-0.3, -0.25) is 9.88 Å². The van der Waals surface area contributed by atoms with E-state index in [1.165, 1.54) is 5.56 Å². The van der Waals surface area contributed by atoms with Crippen LogP contribution in [0.5, 0.6) is 0 Å². The van der Waals surface area contributed by atoms with Gasteiger partial charge in [0.05, 0.1) is 0 Å². The van der Waals surface area contributed by atoms with Crippen LogP contribution in [0.3, 0.4) is 0 Å². The molecule has 4 rings (SSSR count). The van der Waals surface area contributed by atoms with E-state index in [0.29, 0.717) is 11.9 Å². The minimum absolute atomic E-state index is 0.349. The first kappa shape index (κ1) is 17.5. The van der Waals surface area contributed by atoms with Gasteiger partial charge in [0, 0.05) is 61.1 Å². The van der Waals surface area contributed by atoms with Crippen LogP contribution in [0.4, 0.5) is 11.8 Å². The van der Waals surface area contributed by atoms with Crippen molar-refractivity contribution in [3.8, 4) is 0 Å². The van der Waals surface area contributed by atoms with Crippen molar-refractivity contribution >= 4 is 11.8 Å². The Morgan fingerprint density at radius 1 is 1.00 bits per heavy atom. The molecule has 0 bridgehead atoms. The molecule has 4 heterocycles. The van der Waals surface area contributed by atoms with Crippen LogP contribution < -0.4 is 5.32 Å². The predicted molar refractivity (Wildman–Crippen MR) is 104 cm³/mol. The summed E-state index contributed by atoms with van der Waals surface area (Å²) in [7, 11) is 0. The molecule has 138 valence electrons. The van der Waals surface area contributed by atoms with Crippen LogP contribution in [-0.4, -0.2) is 42.9 Å². The van der Waals surface area contributed by atoms with Crippen LogP contribution in [0.2, 0.25) is 0 Å².